The Morgan fingerprint density at radius 2 is 1.87 bits per heavy atom. The maximum atomic E-state index is 13.2. The number of aryl methyl sites for hydroxylation is 1. The number of rotatable bonds is 5. The van der Waals surface area contributed by atoms with Crippen LogP contribution in [0.3, 0.4) is 0 Å². The number of nitrogens with one attached hydrogen (secondary N) is 2. The molecule has 0 radical (unpaired) electrons. The highest BCUT2D eigenvalue weighted by molar-refractivity contribution is 9.10. The van der Waals surface area contributed by atoms with Crippen LogP contribution in [0.25, 0.3) is 11.3 Å². The second-order valence-electron chi connectivity index (χ2n) is 8.03. The lowest BCUT2D eigenvalue weighted by molar-refractivity contribution is 0.0918. The second kappa shape index (κ2) is 8.60. The average Bonchev–Trinajstić information content (AvgIpc) is 3.37. The normalized spacial score (nSPS) is 18.9. The summed E-state index contributed by atoms with van der Waals surface area (Å²) in [6.07, 6.45) is 5.82. The topological polar surface area (TPSA) is 88.0 Å². The Morgan fingerprint density at radius 3 is 2.57 bits per heavy atom. The minimum absolute atomic E-state index is 0.177. The van der Waals surface area contributed by atoms with E-state index in [4.69, 9.17) is 4.52 Å². The maximum Gasteiger partial charge on any atom is 0.267 e. The summed E-state index contributed by atoms with van der Waals surface area (Å²) < 4.78 is 6.25. The molecule has 0 bridgehead atoms. The number of H-pyrrole nitrogens is 1. The molecule has 0 saturated heterocycles. The van der Waals surface area contributed by atoms with Gasteiger partial charge in [-0.3, -0.25) is 9.59 Å². The molecule has 3 aromatic rings. The molecule has 0 atom stereocenters. The summed E-state index contributed by atoms with van der Waals surface area (Å²) in [5.41, 5.74) is 2.48. The van der Waals surface area contributed by atoms with Gasteiger partial charge in [0.1, 0.15) is 17.1 Å². The molecule has 156 valence electrons. The van der Waals surface area contributed by atoms with Gasteiger partial charge >= 0.3 is 0 Å². The molecular weight excluding hydrogens is 446 g/mol. The molecule has 2 heterocycles. The van der Waals surface area contributed by atoms with Crippen molar-refractivity contribution < 1.29 is 14.1 Å². The molecule has 1 fully saturated rings. The fourth-order valence-corrected chi connectivity index (χ4v) is 4.18. The number of aromatic nitrogens is 2. The van der Waals surface area contributed by atoms with Crippen molar-refractivity contribution in [2.45, 2.75) is 45.6 Å². The summed E-state index contributed by atoms with van der Waals surface area (Å²) in [5.74, 6) is 0.762. The Balaban J connectivity index is 1.53. The fraction of sp³-hybridized carbons (Fsp3) is 0.348. The van der Waals surface area contributed by atoms with E-state index in [1.54, 1.807) is 19.2 Å². The minimum atomic E-state index is -0.228. The Labute approximate surface area is 183 Å². The molecule has 2 aromatic heterocycles. The third-order valence-corrected chi connectivity index (χ3v) is 6.28. The van der Waals surface area contributed by atoms with E-state index in [1.165, 1.54) is 0 Å². The van der Waals surface area contributed by atoms with Gasteiger partial charge in [0.2, 0.25) is 0 Å². The number of aromatic amines is 1. The lowest BCUT2D eigenvalue weighted by Crippen LogP contribution is -2.37. The van der Waals surface area contributed by atoms with Gasteiger partial charge in [0.05, 0.1) is 5.56 Å². The first kappa shape index (κ1) is 20.6. The van der Waals surface area contributed by atoms with Crippen molar-refractivity contribution in [3.8, 4) is 11.3 Å². The molecule has 0 spiro atoms. The smallest absolute Gasteiger partial charge is 0.267 e. The molecule has 1 aliphatic carbocycles. The summed E-state index contributed by atoms with van der Waals surface area (Å²) in [6, 6.07) is 9.32. The van der Waals surface area contributed by atoms with Crippen molar-refractivity contribution in [1.29, 1.82) is 0 Å². The summed E-state index contributed by atoms with van der Waals surface area (Å²) >= 11 is 3.41. The van der Waals surface area contributed by atoms with E-state index < -0.39 is 0 Å². The predicted molar refractivity (Wildman–Crippen MR) is 117 cm³/mol. The summed E-state index contributed by atoms with van der Waals surface area (Å²) in [7, 11) is 0. The van der Waals surface area contributed by atoms with Crippen molar-refractivity contribution in [2.24, 2.45) is 5.92 Å². The van der Waals surface area contributed by atoms with Gasteiger partial charge < -0.3 is 14.8 Å². The molecule has 30 heavy (non-hydrogen) atoms. The number of benzene rings is 1. The Hall–Kier alpha value is -2.67. The largest absolute Gasteiger partial charge is 0.360 e. The summed E-state index contributed by atoms with van der Waals surface area (Å²) in [4.78, 5) is 28.7. The molecular formula is C23H24BrN3O3. The van der Waals surface area contributed by atoms with Crippen LogP contribution in [0.4, 0.5) is 0 Å². The van der Waals surface area contributed by atoms with Crippen LogP contribution in [0.1, 0.15) is 64.8 Å². The first-order valence-electron chi connectivity index (χ1n) is 10.2. The first-order valence-corrected chi connectivity index (χ1v) is 11.0. The van der Waals surface area contributed by atoms with E-state index in [2.05, 4.69) is 38.3 Å². The van der Waals surface area contributed by atoms with Gasteiger partial charge in [0.15, 0.2) is 5.78 Å². The van der Waals surface area contributed by atoms with Gasteiger partial charge in [-0.05, 0) is 56.7 Å². The number of carbonyl (C=O) groups is 2. The predicted octanol–water partition coefficient (Wildman–Crippen LogP) is 5.28. The molecule has 2 N–H and O–H groups in total. The Morgan fingerprint density at radius 1 is 1.17 bits per heavy atom. The third kappa shape index (κ3) is 4.26. The maximum absolute atomic E-state index is 13.2. The van der Waals surface area contributed by atoms with E-state index >= 15 is 0 Å². The molecule has 0 unspecified atom stereocenters. The second-order valence-corrected chi connectivity index (χ2v) is 8.95. The van der Waals surface area contributed by atoms with Crippen molar-refractivity contribution in [3.63, 3.8) is 0 Å². The van der Waals surface area contributed by atoms with E-state index in [0.29, 0.717) is 28.3 Å². The van der Waals surface area contributed by atoms with Gasteiger partial charge in [-0.15, -0.1) is 0 Å². The highest BCUT2D eigenvalue weighted by atomic mass is 79.9. The van der Waals surface area contributed by atoms with Crippen LogP contribution in [0.5, 0.6) is 0 Å². The number of amides is 1. The van der Waals surface area contributed by atoms with Gasteiger partial charge in [-0.1, -0.05) is 40.1 Å². The summed E-state index contributed by atoms with van der Waals surface area (Å²) in [5, 5.41) is 7.17. The third-order valence-electron chi connectivity index (χ3n) is 5.75. The molecule has 6 nitrogen and oxygen atoms in total. The van der Waals surface area contributed by atoms with Gasteiger partial charge in [-0.2, -0.15) is 0 Å². The number of nitrogens with zero attached hydrogens (tertiary/aromatic N) is 1. The van der Waals surface area contributed by atoms with Crippen LogP contribution < -0.4 is 5.32 Å². The van der Waals surface area contributed by atoms with Gasteiger partial charge in [0, 0.05) is 27.8 Å². The quantitative estimate of drug-likeness (QED) is 0.497. The first-order chi connectivity index (χ1) is 14.4. The van der Waals surface area contributed by atoms with Crippen LogP contribution in [0.15, 0.2) is 45.5 Å². The molecule has 1 saturated carbocycles. The zero-order valence-corrected chi connectivity index (χ0v) is 18.6. The van der Waals surface area contributed by atoms with Crippen LogP contribution in [-0.2, 0) is 0 Å². The zero-order valence-electron chi connectivity index (χ0n) is 17.0. The monoisotopic (exact) mass is 469 g/mol. The number of halogens is 1. The van der Waals surface area contributed by atoms with E-state index in [-0.39, 0.29) is 17.7 Å². The number of carbonyl (C=O) groups excluding carboxylic acids is 2. The van der Waals surface area contributed by atoms with Gasteiger partial charge in [-0.25, -0.2) is 0 Å². The summed E-state index contributed by atoms with van der Waals surface area (Å²) in [6.45, 7) is 3.96. The SMILES string of the molecule is Cc1onc(-c2ccc(Br)cc2)c1C(=O)c1c[nH]c(C(=O)NC2CCC(C)CC2)c1. The van der Waals surface area contributed by atoms with E-state index in [9.17, 15) is 9.59 Å². The van der Waals surface area contributed by atoms with Crippen molar-refractivity contribution in [3.05, 3.63) is 63.6 Å². The Bertz CT molecular complexity index is 1060. The van der Waals surface area contributed by atoms with Crippen molar-refractivity contribution in [1.82, 2.24) is 15.5 Å². The molecule has 1 aromatic carbocycles. The molecule has 4 rings (SSSR count). The van der Waals surface area contributed by atoms with Crippen molar-refractivity contribution >= 4 is 27.6 Å². The lowest BCUT2D eigenvalue weighted by Gasteiger charge is -2.26. The van der Waals surface area contributed by atoms with Crippen LogP contribution in [0, 0.1) is 12.8 Å². The highest BCUT2D eigenvalue weighted by Gasteiger charge is 2.25. The van der Waals surface area contributed by atoms with E-state index in [0.717, 1.165) is 41.6 Å². The number of hydrogen-bond donors (Lipinski definition) is 2. The van der Waals surface area contributed by atoms with Crippen LogP contribution in [-0.4, -0.2) is 27.9 Å². The lowest BCUT2D eigenvalue weighted by atomic mass is 9.87. The molecule has 1 amide bonds. The number of ketones is 1. The molecule has 7 heteroatoms. The van der Waals surface area contributed by atoms with E-state index in [1.807, 2.05) is 24.3 Å². The molecule has 1 aliphatic rings. The van der Waals surface area contributed by atoms with Crippen molar-refractivity contribution in [2.75, 3.05) is 0 Å². The number of hydrogen-bond acceptors (Lipinski definition) is 4. The average molecular weight is 470 g/mol. The highest BCUT2D eigenvalue weighted by Crippen LogP contribution is 2.29. The van der Waals surface area contributed by atoms with Gasteiger partial charge in [0.25, 0.3) is 5.91 Å². The van der Waals surface area contributed by atoms with Crippen LogP contribution in [0.2, 0.25) is 0 Å². The fourth-order valence-electron chi connectivity index (χ4n) is 3.91. The standard InChI is InChI=1S/C23H24BrN3O3/c1-13-3-9-18(10-4-13)26-23(29)19-11-16(12-25-19)22(28)20-14(2)30-27-21(20)15-5-7-17(24)8-6-15/h5-8,11-13,18,25H,3-4,9-10H2,1-2H3,(H,26,29). The minimum Gasteiger partial charge on any atom is -0.360 e. The zero-order chi connectivity index (χ0) is 21.3. The Kier molecular flexibility index (Phi) is 5.90. The van der Waals surface area contributed by atoms with Crippen LogP contribution >= 0.6 is 15.9 Å². The molecule has 0 aliphatic heterocycles.